The zero-order valence-electron chi connectivity index (χ0n) is 13.4. The molecule has 0 fully saturated rings. The lowest BCUT2D eigenvalue weighted by Crippen LogP contribution is -2.35. The van der Waals surface area contributed by atoms with Crippen molar-refractivity contribution in [3.8, 4) is 0 Å². The van der Waals surface area contributed by atoms with E-state index in [4.69, 9.17) is 0 Å². The molecule has 0 radical (unpaired) electrons. The Hall–Kier alpha value is -2.41. The molecule has 0 aromatic heterocycles. The third-order valence-electron chi connectivity index (χ3n) is 3.88. The fraction of sp³-hybridized carbons (Fsp3) is 0.222. The van der Waals surface area contributed by atoms with Crippen LogP contribution >= 0.6 is 11.8 Å². The predicted molar refractivity (Wildman–Crippen MR) is 92.2 cm³/mol. The minimum Gasteiger partial charge on any atom is -0.349 e. The van der Waals surface area contributed by atoms with Gasteiger partial charge in [0.1, 0.15) is 11.6 Å². The fourth-order valence-corrected chi connectivity index (χ4v) is 3.74. The summed E-state index contributed by atoms with van der Waals surface area (Å²) in [5, 5.41) is 4.87. The normalized spacial score (nSPS) is 17.4. The zero-order valence-corrected chi connectivity index (χ0v) is 14.2. The van der Waals surface area contributed by atoms with Crippen molar-refractivity contribution in [2.24, 2.45) is 0 Å². The lowest BCUT2D eigenvalue weighted by Gasteiger charge is -2.24. The lowest BCUT2D eigenvalue weighted by molar-refractivity contribution is -0.124. The van der Waals surface area contributed by atoms with E-state index in [0.29, 0.717) is 0 Å². The van der Waals surface area contributed by atoms with Crippen molar-refractivity contribution in [3.05, 3.63) is 59.7 Å². The Balaban J connectivity index is 1.63. The average molecular weight is 362 g/mol. The van der Waals surface area contributed by atoms with Gasteiger partial charge < -0.3 is 10.6 Å². The molecule has 3 rings (SSSR count). The van der Waals surface area contributed by atoms with Gasteiger partial charge in [-0.25, -0.2) is 8.78 Å². The van der Waals surface area contributed by atoms with Gasteiger partial charge in [-0.3, -0.25) is 9.59 Å². The van der Waals surface area contributed by atoms with Crippen LogP contribution in [0.5, 0.6) is 0 Å². The second-order valence-electron chi connectivity index (χ2n) is 5.75. The molecule has 2 atom stereocenters. The number of para-hydroxylation sites is 1. The number of fused-ring (bicyclic) bond motifs is 1. The van der Waals surface area contributed by atoms with Crippen LogP contribution in [-0.4, -0.2) is 17.1 Å². The molecule has 1 heterocycles. The highest BCUT2D eigenvalue weighted by atomic mass is 32.2. The highest BCUT2D eigenvalue weighted by Crippen LogP contribution is 2.36. The second kappa shape index (κ2) is 7.23. The number of nitrogens with one attached hydrogen (secondary N) is 2. The van der Waals surface area contributed by atoms with E-state index in [1.807, 2.05) is 18.2 Å². The van der Waals surface area contributed by atoms with E-state index in [1.165, 1.54) is 17.8 Å². The largest absolute Gasteiger partial charge is 0.349 e. The predicted octanol–water partition coefficient (Wildman–Crippen LogP) is 3.65. The van der Waals surface area contributed by atoms with Gasteiger partial charge in [0.05, 0.1) is 17.0 Å². The third kappa shape index (κ3) is 3.99. The first-order valence-electron chi connectivity index (χ1n) is 7.75. The van der Waals surface area contributed by atoms with Gasteiger partial charge in [0.2, 0.25) is 11.8 Å². The summed E-state index contributed by atoms with van der Waals surface area (Å²) in [4.78, 5) is 25.3. The van der Waals surface area contributed by atoms with Crippen LogP contribution in [0, 0.1) is 11.6 Å². The van der Waals surface area contributed by atoms with Crippen molar-refractivity contribution in [2.45, 2.75) is 29.5 Å². The molecule has 2 amide bonds. The van der Waals surface area contributed by atoms with Gasteiger partial charge in [-0.15, -0.1) is 11.8 Å². The first-order chi connectivity index (χ1) is 11.9. The summed E-state index contributed by atoms with van der Waals surface area (Å²) < 4.78 is 26.8. The molecule has 130 valence electrons. The van der Waals surface area contributed by atoms with Crippen molar-refractivity contribution < 1.29 is 18.4 Å². The molecule has 1 aliphatic heterocycles. The molecule has 2 aromatic rings. The summed E-state index contributed by atoms with van der Waals surface area (Å²) in [6, 6.07) is 9.95. The molecule has 2 N–H and O–H groups in total. The van der Waals surface area contributed by atoms with Gasteiger partial charge in [-0.05, 0) is 25.1 Å². The maximum absolute atomic E-state index is 13.8. The van der Waals surface area contributed by atoms with Crippen LogP contribution < -0.4 is 10.6 Å². The van der Waals surface area contributed by atoms with Crippen LogP contribution in [0.2, 0.25) is 0 Å². The molecule has 0 saturated heterocycles. The zero-order chi connectivity index (χ0) is 18.0. The average Bonchev–Trinajstić information content (AvgIpc) is 2.55. The van der Waals surface area contributed by atoms with E-state index in [9.17, 15) is 18.4 Å². The van der Waals surface area contributed by atoms with Crippen LogP contribution in [0.1, 0.15) is 24.9 Å². The number of halogens is 2. The van der Waals surface area contributed by atoms with Gasteiger partial charge in [0, 0.05) is 22.9 Å². The van der Waals surface area contributed by atoms with E-state index in [2.05, 4.69) is 10.6 Å². The fourth-order valence-electron chi connectivity index (χ4n) is 2.63. The molecular formula is C18H16F2N2O2S. The number of rotatable bonds is 4. The van der Waals surface area contributed by atoms with E-state index < -0.39 is 22.9 Å². The summed E-state index contributed by atoms with van der Waals surface area (Å²) in [5.41, 5.74) is 0.928. The number of hydrogen-bond donors (Lipinski definition) is 2. The van der Waals surface area contributed by atoms with E-state index in [0.717, 1.165) is 22.7 Å². The van der Waals surface area contributed by atoms with Crippen molar-refractivity contribution in [1.82, 2.24) is 5.32 Å². The highest BCUT2D eigenvalue weighted by Gasteiger charge is 2.29. The molecule has 2 aromatic carbocycles. The van der Waals surface area contributed by atoms with Crippen molar-refractivity contribution in [2.75, 3.05) is 5.32 Å². The molecule has 4 nitrogen and oxygen atoms in total. The van der Waals surface area contributed by atoms with Gasteiger partial charge in [0.15, 0.2) is 0 Å². The van der Waals surface area contributed by atoms with Crippen LogP contribution in [0.3, 0.4) is 0 Å². The van der Waals surface area contributed by atoms with Crippen molar-refractivity contribution in [3.63, 3.8) is 0 Å². The molecule has 0 saturated carbocycles. The standard InChI is InChI=1S/C18H16F2N2O2S/c1-10(12-7-6-11(19)8-13(12)20)21-17(23)9-16-18(24)22-14-4-2-3-5-15(14)25-16/h2-8,10,16H,9H2,1H3,(H,21,23)(H,22,24)/t10-,16+/m1/s1. The summed E-state index contributed by atoms with van der Waals surface area (Å²) in [6.45, 7) is 1.61. The van der Waals surface area contributed by atoms with Gasteiger partial charge in [-0.2, -0.15) is 0 Å². The summed E-state index contributed by atoms with van der Waals surface area (Å²) in [7, 11) is 0. The van der Waals surface area contributed by atoms with Gasteiger partial charge in [-0.1, -0.05) is 18.2 Å². The number of carbonyl (C=O) groups excluding carboxylic acids is 2. The summed E-state index contributed by atoms with van der Waals surface area (Å²) in [6.07, 6.45) is -0.0298. The van der Waals surface area contributed by atoms with Crippen molar-refractivity contribution in [1.29, 1.82) is 0 Å². The number of thioether (sulfide) groups is 1. The van der Waals surface area contributed by atoms with E-state index >= 15 is 0 Å². The third-order valence-corrected chi connectivity index (χ3v) is 5.16. The first kappa shape index (κ1) is 17.4. The number of amides is 2. The van der Waals surface area contributed by atoms with Crippen LogP contribution in [-0.2, 0) is 9.59 Å². The molecular weight excluding hydrogens is 346 g/mol. The Labute approximate surface area is 148 Å². The number of hydrogen-bond acceptors (Lipinski definition) is 3. The lowest BCUT2D eigenvalue weighted by atomic mass is 10.1. The molecule has 0 unspecified atom stereocenters. The Morgan fingerprint density at radius 2 is 2.04 bits per heavy atom. The Morgan fingerprint density at radius 1 is 1.28 bits per heavy atom. The monoisotopic (exact) mass is 362 g/mol. The molecule has 7 heteroatoms. The molecule has 0 spiro atoms. The Morgan fingerprint density at radius 3 is 2.80 bits per heavy atom. The number of benzene rings is 2. The summed E-state index contributed by atoms with van der Waals surface area (Å²) in [5.74, 6) is -2.00. The maximum Gasteiger partial charge on any atom is 0.238 e. The molecule has 1 aliphatic rings. The smallest absolute Gasteiger partial charge is 0.238 e. The first-order valence-corrected chi connectivity index (χ1v) is 8.63. The van der Waals surface area contributed by atoms with Crippen LogP contribution in [0.4, 0.5) is 14.5 Å². The molecule has 25 heavy (non-hydrogen) atoms. The highest BCUT2D eigenvalue weighted by molar-refractivity contribution is 8.01. The molecule has 0 bridgehead atoms. The van der Waals surface area contributed by atoms with Crippen LogP contribution in [0.25, 0.3) is 0 Å². The van der Waals surface area contributed by atoms with Crippen molar-refractivity contribution >= 4 is 29.3 Å². The number of anilines is 1. The maximum atomic E-state index is 13.8. The summed E-state index contributed by atoms with van der Waals surface area (Å²) >= 11 is 1.32. The Bertz CT molecular complexity index is 828. The van der Waals surface area contributed by atoms with Gasteiger partial charge >= 0.3 is 0 Å². The minimum absolute atomic E-state index is 0.0298. The van der Waals surface area contributed by atoms with E-state index in [-0.39, 0.29) is 23.8 Å². The number of carbonyl (C=O) groups is 2. The van der Waals surface area contributed by atoms with Crippen LogP contribution in [0.15, 0.2) is 47.4 Å². The SMILES string of the molecule is C[C@@H](NC(=O)C[C@@H]1Sc2ccccc2NC1=O)c1ccc(F)cc1F. The Kier molecular flexibility index (Phi) is 5.03. The quantitative estimate of drug-likeness (QED) is 0.873. The molecule has 0 aliphatic carbocycles. The minimum atomic E-state index is -0.716. The van der Waals surface area contributed by atoms with E-state index in [1.54, 1.807) is 13.0 Å². The second-order valence-corrected chi connectivity index (χ2v) is 7.00. The topological polar surface area (TPSA) is 58.2 Å². The van der Waals surface area contributed by atoms with Gasteiger partial charge in [0.25, 0.3) is 0 Å².